The number of hydrogen-bond donors (Lipinski definition) is 3. The van der Waals surface area contributed by atoms with Crippen LogP contribution in [-0.4, -0.2) is 84.1 Å². The van der Waals surface area contributed by atoms with Gasteiger partial charge in [-0.2, -0.15) is 0 Å². The van der Waals surface area contributed by atoms with Crippen LogP contribution in [0.15, 0.2) is 60.7 Å². The number of likely N-dealkylation sites (N-methyl/N-ethyl adjacent to an activating group) is 1. The minimum absolute atomic E-state index is 0.0536. The van der Waals surface area contributed by atoms with Gasteiger partial charge in [0.2, 0.25) is 23.6 Å². The highest BCUT2D eigenvalue weighted by molar-refractivity contribution is 5.98. The van der Waals surface area contributed by atoms with Crippen molar-refractivity contribution in [3.05, 3.63) is 71.8 Å². The van der Waals surface area contributed by atoms with E-state index in [1.807, 2.05) is 44.2 Å². The maximum absolute atomic E-state index is 13.5. The SMILES string of the molecule is CC(C)C[C@@H]1NC(=O)CN(C(=O)c2ccccc2)CCNC(=O)[C@H](Cc2ccccc2)NC(=O)[C@H](C)N(C)C1=O. The van der Waals surface area contributed by atoms with E-state index in [0.29, 0.717) is 12.0 Å². The summed E-state index contributed by atoms with van der Waals surface area (Å²) < 4.78 is 0. The van der Waals surface area contributed by atoms with Crippen LogP contribution in [0.5, 0.6) is 0 Å². The van der Waals surface area contributed by atoms with Crippen LogP contribution >= 0.6 is 0 Å². The molecule has 10 nitrogen and oxygen atoms in total. The zero-order valence-corrected chi connectivity index (χ0v) is 23.6. The summed E-state index contributed by atoms with van der Waals surface area (Å²) in [6.45, 7) is 5.27. The summed E-state index contributed by atoms with van der Waals surface area (Å²) >= 11 is 0. The lowest BCUT2D eigenvalue weighted by atomic mass is 10.0. The molecule has 1 aliphatic heterocycles. The summed E-state index contributed by atoms with van der Waals surface area (Å²) in [7, 11) is 1.50. The van der Waals surface area contributed by atoms with E-state index in [9.17, 15) is 24.0 Å². The monoisotopic (exact) mass is 549 g/mol. The van der Waals surface area contributed by atoms with E-state index in [-0.39, 0.29) is 37.9 Å². The molecular weight excluding hydrogens is 510 g/mol. The highest BCUT2D eigenvalue weighted by atomic mass is 16.2. The van der Waals surface area contributed by atoms with Gasteiger partial charge in [-0.1, -0.05) is 62.4 Å². The van der Waals surface area contributed by atoms with E-state index in [4.69, 9.17) is 0 Å². The second-order valence-corrected chi connectivity index (χ2v) is 10.5. The Bertz CT molecular complexity index is 1190. The van der Waals surface area contributed by atoms with E-state index in [1.54, 1.807) is 37.3 Å². The maximum Gasteiger partial charge on any atom is 0.254 e. The van der Waals surface area contributed by atoms with Gasteiger partial charge in [0.1, 0.15) is 18.1 Å². The van der Waals surface area contributed by atoms with Crippen molar-refractivity contribution in [1.82, 2.24) is 25.8 Å². The average molecular weight is 550 g/mol. The van der Waals surface area contributed by atoms with Crippen molar-refractivity contribution in [3.8, 4) is 0 Å². The van der Waals surface area contributed by atoms with Crippen molar-refractivity contribution in [2.45, 2.75) is 51.7 Å². The lowest BCUT2D eigenvalue weighted by molar-refractivity contribution is -0.142. The molecule has 0 unspecified atom stereocenters. The largest absolute Gasteiger partial charge is 0.353 e. The number of nitrogens with zero attached hydrogens (tertiary/aromatic N) is 2. The Hall–Kier alpha value is -4.21. The second-order valence-electron chi connectivity index (χ2n) is 10.5. The fourth-order valence-electron chi connectivity index (χ4n) is 4.52. The molecule has 0 aromatic heterocycles. The first-order valence-electron chi connectivity index (χ1n) is 13.6. The predicted octanol–water partition coefficient (Wildman–Crippen LogP) is 1.36. The molecular formula is C30H39N5O5. The molecule has 0 bridgehead atoms. The highest BCUT2D eigenvalue weighted by Crippen LogP contribution is 2.12. The third-order valence-corrected chi connectivity index (χ3v) is 6.89. The molecule has 214 valence electrons. The minimum Gasteiger partial charge on any atom is -0.353 e. The van der Waals surface area contributed by atoms with Crippen LogP contribution in [0, 0.1) is 5.92 Å². The van der Waals surface area contributed by atoms with Crippen LogP contribution in [0.1, 0.15) is 43.1 Å². The molecule has 0 aliphatic carbocycles. The second kappa shape index (κ2) is 14.3. The van der Waals surface area contributed by atoms with Crippen LogP contribution < -0.4 is 16.0 Å². The summed E-state index contributed by atoms with van der Waals surface area (Å²) in [5, 5.41) is 8.38. The van der Waals surface area contributed by atoms with Gasteiger partial charge in [0, 0.05) is 32.1 Å². The summed E-state index contributed by atoms with van der Waals surface area (Å²) in [5.41, 5.74) is 1.25. The first kappa shape index (κ1) is 30.3. The van der Waals surface area contributed by atoms with Crippen molar-refractivity contribution in [2.24, 2.45) is 5.92 Å². The van der Waals surface area contributed by atoms with E-state index < -0.39 is 41.8 Å². The molecule has 3 N–H and O–H groups in total. The van der Waals surface area contributed by atoms with Crippen LogP contribution in [-0.2, 0) is 25.6 Å². The van der Waals surface area contributed by atoms with Crippen molar-refractivity contribution in [1.29, 1.82) is 0 Å². The van der Waals surface area contributed by atoms with Crippen molar-refractivity contribution >= 4 is 29.5 Å². The van der Waals surface area contributed by atoms with Gasteiger partial charge in [0.15, 0.2) is 0 Å². The molecule has 1 saturated heterocycles. The van der Waals surface area contributed by atoms with Crippen molar-refractivity contribution in [2.75, 3.05) is 26.7 Å². The molecule has 40 heavy (non-hydrogen) atoms. The van der Waals surface area contributed by atoms with E-state index in [1.165, 1.54) is 16.8 Å². The molecule has 5 amide bonds. The van der Waals surface area contributed by atoms with Crippen molar-refractivity contribution in [3.63, 3.8) is 0 Å². The quantitative estimate of drug-likeness (QED) is 0.519. The smallest absolute Gasteiger partial charge is 0.254 e. The Balaban J connectivity index is 1.93. The fourth-order valence-corrected chi connectivity index (χ4v) is 4.52. The van der Waals surface area contributed by atoms with E-state index >= 15 is 0 Å². The first-order valence-corrected chi connectivity index (χ1v) is 13.6. The Labute approximate surface area is 235 Å². The normalized spacial score (nSPS) is 21.7. The number of carbonyl (C=O) groups excluding carboxylic acids is 5. The van der Waals surface area contributed by atoms with E-state index in [2.05, 4.69) is 16.0 Å². The lowest BCUT2D eigenvalue weighted by Crippen LogP contribution is -2.57. The molecule has 10 heteroatoms. The number of nitrogens with one attached hydrogen (secondary N) is 3. The summed E-state index contributed by atoms with van der Waals surface area (Å²) in [6.07, 6.45) is 0.595. The molecule has 1 aliphatic rings. The van der Waals surface area contributed by atoms with Crippen LogP contribution in [0.2, 0.25) is 0 Å². The topological polar surface area (TPSA) is 128 Å². The third kappa shape index (κ3) is 8.39. The lowest BCUT2D eigenvalue weighted by Gasteiger charge is -2.30. The summed E-state index contributed by atoms with van der Waals surface area (Å²) in [4.78, 5) is 69.0. The summed E-state index contributed by atoms with van der Waals surface area (Å²) in [5.74, 6) is -2.14. The zero-order chi connectivity index (χ0) is 29.2. The van der Waals surface area contributed by atoms with Gasteiger partial charge < -0.3 is 25.8 Å². The Morgan fingerprint density at radius 2 is 1.52 bits per heavy atom. The molecule has 2 aromatic carbocycles. The van der Waals surface area contributed by atoms with Gasteiger partial charge in [-0.25, -0.2) is 0 Å². The van der Waals surface area contributed by atoms with Crippen LogP contribution in [0.3, 0.4) is 0 Å². The molecule has 3 rings (SSSR count). The minimum atomic E-state index is -0.907. The number of benzene rings is 2. The third-order valence-electron chi connectivity index (χ3n) is 6.89. The Kier molecular flexibility index (Phi) is 10.8. The van der Waals surface area contributed by atoms with E-state index in [0.717, 1.165) is 5.56 Å². The number of carbonyl (C=O) groups is 5. The van der Waals surface area contributed by atoms with Crippen LogP contribution in [0.25, 0.3) is 0 Å². The van der Waals surface area contributed by atoms with Gasteiger partial charge in [0.25, 0.3) is 5.91 Å². The van der Waals surface area contributed by atoms with Gasteiger partial charge >= 0.3 is 0 Å². The molecule has 2 aromatic rings. The van der Waals surface area contributed by atoms with Gasteiger partial charge in [0.05, 0.1) is 6.54 Å². The van der Waals surface area contributed by atoms with Gasteiger partial charge in [-0.3, -0.25) is 24.0 Å². The zero-order valence-electron chi connectivity index (χ0n) is 23.6. The summed E-state index contributed by atoms with van der Waals surface area (Å²) in [6, 6.07) is 15.2. The Morgan fingerprint density at radius 3 is 2.15 bits per heavy atom. The Morgan fingerprint density at radius 1 is 0.900 bits per heavy atom. The van der Waals surface area contributed by atoms with Crippen molar-refractivity contribution < 1.29 is 24.0 Å². The van der Waals surface area contributed by atoms with Crippen LogP contribution in [0.4, 0.5) is 0 Å². The van der Waals surface area contributed by atoms with Gasteiger partial charge in [-0.15, -0.1) is 0 Å². The highest BCUT2D eigenvalue weighted by Gasteiger charge is 2.33. The molecule has 0 radical (unpaired) electrons. The molecule has 0 spiro atoms. The number of amides is 5. The molecule has 1 fully saturated rings. The molecule has 3 atom stereocenters. The standard InChI is InChI=1S/C30H39N5O5/c1-20(2)17-25-30(40)34(4)21(3)27(37)33-24(18-22-11-7-5-8-12-22)28(38)31-15-16-35(19-26(36)32-25)29(39)23-13-9-6-10-14-23/h5-14,20-21,24-25H,15-19H2,1-4H3,(H,31,38)(H,32,36)(H,33,37)/t21-,24-,25-/m0/s1. The average Bonchev–Trinajstić information content (AvgIpc) is 2.94. The first-order chi connectivity index (χ1) is 19.1. The number of rotatable bonds is 5. The maximum atomic E-state index is 13.5. The predicted molar refractivity (Wildman–Crippen MR) is 151 cm³/mol. The molecule has 1 heterocycles. The molecule has 0 saturated carbocycles. The fraction of sp³-hybridized carbons (Fsp3) is 0.433. The van der Waals surface area contributed by atoms with Gasteiger partial charge in [-0.05, 0) is 37.0 Å². The number of hydrogen-bond acceptors (Lipinski definition) is 5.